The van der Waals surface area contributed by atoms with Crippen molar-refractivity contribution >= 4 is 17.2 Å². The number of aromatic nitrogens is 2. The van der Waals surface area contributed by atoms with Gasteiger partial charge in [-0.15, -0.1) is 11.3 Å². The summed E-state index contributed by atoms with van der Waals surface area (Å²) >= 11 is 1.67. The molecule has 0 aliphatic carbocycles. The fraction of sp³-hybridized carbons (Fsp3) is 0.357. The standard InChI is InChI=1S/C14H17N3OS/c1-10-13(19-11(2)17-10)5-6-14(18)16-9-12-4-3-7-15-8-12/h3-4,7-8H,5-6,9H2,1-2H3,(H,16,18). The molecular weight excluding hydrogens is 258 g/mol. The summed E-state index contributed by atoms with van der Waals surface area (Å²) < 4.78 is 0. The van der Waals surface area contributed by atoms with Crippen LogP contribution in [-0.4, -0.2) is 15.9 Å². The van der Waals surface area contributed by atoms with Crippen LogP contribution in [0.1, 0.15) is 27.6 Å². The van der Waals surface area contributed by atoms with E-state index in [1.54, 1.807) is 23.7 Å². The number of rotatable bonds is 5. The monoisotopic (exact) mass is 275 g/mol. The Kier molecular flexibility index (Phi) is 4.63. The summed E-state index contributed by atoms with van der Waals surface area (Å²) in [6.45, 7) is 4.52. The van der Waals surface area contributed by atoms with Crippen LogP contribution >= 0.6 is 11.3 Å². The minimum atomic E-state index is 0.0642. The average Bonchev–Trinajstić information content (AvgIpc) is 2.73. The van der Waals surface area contributed by atoms with Crippen LogP contribution in [-0.2, 0) is 17.8 Å². The van der Waals surface area contributed by atoms with Gasteiger partial charge < -0.3 is 5.32 Å². The molecule has 100 valence electrons. The number of aryl methyl sites for hydroxylation is 3. The van der Waals surface area contributed by atoms with E-state index in [1.165, 1.54) is 4.88 Å². The van der Waals surface area contributed by atoms with Gasteiger partial charge in [0.15, 0.2) is 0 Å². The van der Waals surface area contributed by atoms with Gasteiger partial charge in [-0.25, -0.2) is 4.98 Å². The molecular formula is C14H17N3OS. The van der Waals surface area contributed by atoms with Crippen molar-refractivity contribution in [1.29, 1.82) is 0 Å². The van der Waals surface area contributed by atoms with E-state index in [2.05, 4.69) is 15.3 Å². The first-order valence-electron chi connectivity index (χ1n) is 6.23. The lowest BCUT2D eigenvalue weighted by Crippen LogP contribution is -2.23. The second-order valence-corrected chi connectivity index (χ2v) is 5.67. The van der Waals surface area contributed by atoms with Crippen LogP contribution in [0.3, 0.4) is 0 Å². The van der Waals surface area contributed by atoms with Crippen LogP contribution in [0.5, 0.6) is 0 Å². The number of hydrogen-bond donors (Lipinski definition) is 1. The van der Waals surface area contributed by atoms with E-state index in [-0.39, 0.29) is 5.91 Å². The number of nitrogens with zero attached hydrogens (tertiary/aromatic N) is 2. The van der Waals surface area contributed by atoms with Crippen LogP contribution in [0.4, 0.5) is 0 Å². The maximum Gasteiger partial charge on any atom is 0.220 e. The molecule has 0 atom stereocenters. The topological polar surface area (TPSA) is 54.9 Å². The van der Waals surface area contributed by atoms with E-state index < -0.39 is 0 Å². The molecule has 0 spiro atoms. The van der Waals surface area contributed by atoms with Crippen LogP contribution in [0.25, 0.3) is 0 Å². The molecule has 0 aliphatic rings. The number of thiazole rings is 1. The number of pyridine rings is 1. The van der Waals surface area contributed by atoms with Gasteiger partial charge in [0.2, 0.25) is 5.91 Å². The van der Waals surface area contributed by atoms with Crippen LogP contribution in [0.2, 0.25) is 0 Å². The summed E-state index contributed by atoms with van der Waals surface area (Å²) in [4.78, 5) is 21.3. The molecule has 2 aromatic heterocycles. The molecule has 0 aliphatic heterocycles. The molecule has 4 nitrogen and oxygen atoms in total. The summed E-state index contributed by atoms with van der Waals surface area (Å²) in [5, 5.41) is 3.96. The number of carbonyl (C=O) groups excluding carboxylic acids is 1. The Bertz CT molecular complexity index is 551. The van der Waals surface area contributed by atoms with Gasteiger partial charge in [0.05, 0.1) is 10.7 Å². The molecule has 2 rings (SSSR count). The third-order valence-electron chi connectivity index (χ3n) is 2.79. The van der Waals surface area contributed by atoms with Crippen molar-refractivity contribution in [3.8, 4) is 0 Å². The van der Waals surface area contributed by atoms with Gasteiger partial charge in [-0.2, -0.15) is 0 Å². The van der Waals surface area contributed by atoms with Crippen molar-refractivity contribution in [3.05, 3.63) is 45.7 Å². The Morgan fingerprint density at radius 2 is 2.26 bits per heavy atom. The third kappa shape index (κ3) is 4.13. The molecule has 19 heavy (non-hydrogen) atoms. The second kappa shape index (κ2) is 6.43. The number of carbonyl (C=O) groups is 1. The molecule has 0 unspecified atom stereocenters. The summed E-state index contributed by atoms with van der Waals surface area (Å²) in [6.07, 6.45) is 4.75. The van der Waals surface area contributed by atoms with Crippen LogP contribution in [0, 0.1) is 13.8 Å². The fourth-order valence-corrected chi connectivity index (χ4v) is 2.76. The van der Waals surface area contributed by atoms with Crippen LogP contribution in [0.15, 0.2) is 24.5 Å². The van der Waals surface area contributed by atoms with Gasteiger partial charge in [-0.3, -0.25) is 9.78 Å². The van der Waals surface area contributed by atoms with Gasteiger partial charge in [0, 0.05) is 30.2 Å². The highest BCUT2D eigenvalue weighted by Crippen LogP contribution is 2.18. The van der Waals surface area contributed by atoms with E-state index >= 15 is 0 Å². The molecule has 0 saturated heterocycles. The smallest absolute Gasteiger partial charge is 0.220 e. The highest BCUT2D eigenvalue weighted by molar-refractivity contribution is 7.11. The normalized spacial score (nSPS) is 10.4. The van der Waals surface area contributed by atoms with E-state index in [1.807, 2.05) is 26.0 Å². The van der Waals surface area contributed by atoms with Crippen molar-refractivity contribution < 1.29 is 4.79 Å². The van der Waals surface area contributed by atoms with Crippen molar-refractivity contribution in [1.82, 2.24) is 15.3 Å². The first-order valence-corrected chi connectivity index (χ1v) is 7.05. The third-order valence-corrected chi connectivity index (χ3v) is 3.92. The maximum atomic E-state index is 11.8. The number of amides is 1. The SMILES string of the molecule is Cc1nc(C)c(CCC(=O)NCc2cccnc2)s1. The zero-order valence-electron chi connectivity index (χ0n) is 11.1. The van der Waals surface area contributed by atoms with Gasteiger partial charge in [0.25, 0.3) is 0 Å². The van der Waals surface area contributed by atoms with Crippen molar-refractivity contribution in [2.24, 2.45) is 0 Å². The summed E-state index contributed by atoms with van der Waals surface area (Å²) in [5.74, 6) is 0.0642. The van der Waals surface area contributed by atoms with Gasteiger partial charge in [0.1, 0.15) is 0 Å². The molecule has 0 aromatic carbocycles. The van der Waals surface area contributed by atoms with Gasteiger partial charge in [-0.1, -0.05) is 6.07 Å². The average molecular weight is 275 g/mol. The molecule has 2 aromatic rings. The Hall–Kier alpha value is -1.75. The fourth-order valence-electron chi connectivity index (χ4n) is 1.82. The predicted octanol–water partition coefficient (Wildman–Crippen LogP) is 2.40. The van der Waals surface area contributed by atoms with Crippen molar-refractivity contribution in [2.45, 2.75) is 33.2 Å². The first kappa shape index (κ1) is 13.7. The highest BCUT2D eigenvalue weighted by Gasteiger charge is 2.07. The lowest BCUT2D eigenvalue weighted by molar-refractivity contribution is -0.121. The van der Waals surface area contributed by atoms with Gasteiger partial charge in [-0.05, 0) is 31.9 Å². The summed E-state index contributed by atoms with van der Waals surface area (Å²) in [7, 11) is 0. The number of nitrogens with one attached hydrogen (secondary N) is 1. The molecule has 1 N–H and O–H groups in total. The lowest BCUT2D eigenvalue weighted by Gasteiger charge is -2.04. The Morgan fingerprint density at radius 1 is 1.42 bits per heavy atom. The van der Waals surface area contributed by atoms with Crippen molar-refractivity contribution in [2.75, 3.05) is 0 Å². The Labute approximate surface area is 116 Å². The van der Waals surface area contributed by atoms with Crippen LogP contribution < -0.4 is 5.32 Å². The Balaban J connectivity index is 1.77. The largest absolute Gasteiger partial charge is 0.352 e. The van der Waals surface area contributed by atoms with Crippen molar-refractivity contribution in [3.63, 3.8) is 0 Å². The second-order valence-electron chi connectivity index (χ2n) is 4.38. The van der Waals surface area contributed by atoms with E-state index in [9.17, 15) is 4.79 Å². The minimum absolute atomic E-state index is 0.0642. The molecule has 0 radical (unpaired) electrons. The van der Waals surface area contributed by atoms with E-state index in [0.717, 1.165) is 22.7 Å². The summed E-state index contributed by atoms with van der Waals surface area (Å²) in [5.41, 5.74) is 2.06. The minimum Gasteiger partial charge on any atom is -0.352 e. The molecule has 2 heterocycles. The molecule has 0 bridgehead atoms. The molecule has 0 fully saturated rings. The van der Waals surface area contributed by atoms with E-state index in [0.29, 0.717) is 13.0 Å². The summed E-state index contributed by atoms with van der Waals surface area (Å²) in [6, 6.07) is 3.81. The zero-order valence-corrected chi connectivity index (χ0v) is 12.0. The lowest BCUT2D eigenvalue weighted by atomic mass is 10.2. The molecule has 0 saturated carbocycles. The molecule has 1 amide bonds. The van der Waals surface area contributed by atoms with Gasteiger partial charge >= 0.3 is 0 Å². The predicted molar refractivity (Wildman–Crippen MR) is 76.0 cm³/mol. The first-order chi connectivity index (χ1) is 9.15. The highest BCUT2D eigenvalue weighted by atomic mass is 32.1. The maximum absolute atomic E-state index is 11.8. The zero-order chi connectivity index (χ0) is 13.7. The molecule has 5 heteroatoms. The van der Waals surface area contributed by atoms with E-state index in [4.69, 9.17) is 0 Å². The Morgan fingerprint density at radius 3 is 2.89 bits per heavy atom. The quantitative estimate of drug-likeness (QED) is 0.911. The number of hydrogen-bond acceptors (Lipinski definition) is 4.